The van der Waals surface area contributed by atoms with Crippen LogP contribution >= 0.6 is 0 Å². The van der Waals surface area contributed by atoms with E-state index in [-0.39, 0.29) is 22.2 Å². The summed E-state index contributed by atoms with van der Waals surface area (Å²) in [5, 5.41) is -0.101. The molecule has 160 valence electrons. The quantitative estimate of drug-likeness (QED) is 0.486. The lowest BCUT2D eigenvalue weighted by Crippen LogP contribution is -2.17. The molecule has 0 saturated carbocycles. The Kier molecular flexibility index (Phi) is 4.97. The molecule has 0 unspecified atom stereocenters. The number of anilines is 1. The number of pyridine rings is 2. The molecule has 0 atom stereocenters. The van der Waals surface area contributed by atoms with Crippen LogP contribution in [0.4, 0.5) is 5.69 Å². The second-order valence-electron chi connectivity index (χ2n) is 7.03. The molecule has 0 fully saturated rings. The van der Waals surface area contributed by atoms with E-state index in [9.17, 15) is 13.2 Å². The van der Waals surface area contributed by atoms with E-state index in [1.54, 1.807) is 45.2 Å². The summed E-state index contributed by atoms with van der Waals surface area (Å²) in [7, 11) is -2.58. The first kappa shape index (κ1) is 20.5. The summed E-state index contributed by atoms with van der Waals surface area (Å²) in [5.74, 6) is 0.593. The van der Waals surface area contributed by atoms with Crippen LogP contribution in [-0.2, 0) is 10.0 Å². The molecular formula is C20H20N6O4S. The molecule has 0 aliphatic rings. The minimum absolute atomic E-state index is 0.101. The first-order valence-corrected chi connectivity index (χ1v) is 10.8. The smallest absolute Gasteiger partial charge is 0.281 e. The molecule has 11 heteroatoms. The SMILES string of the molecule is COc1ncc(-c2ccc3ncc(C)c(=O)n3c2)cc1NS(=O)(=O)c1nc(C)[nH]c1C. The lowest BCUT2D eigenvalue weighted by molar-refractivity contribution is 0.400. The van der Waals surface area contributed by atoms with Crippen molar-refractivity contribution in [2.24, 2.45) is 0 Å². The summed E-state index contributed by atoms with van der Waals surface area (Å²) >= 11 is 0. The molecule has 0 spiro atoms. The van der Waals surface area contributed by atoms with Crippen LogP contribution in [0.5, 0.6) is 5.88 Å². The number of nitrogens with one attached hydrogen (secondary N) is 2. The first-order chi connectivity index (χ1) is 14.7. The Balaban J connectivity index is 1.80. The van der Waals surface area contributed by atoms with Crippen LogP contribution < -0.4 is 15.0 Å². The maximum atomic E-state index is 12.9. The van der Waals surface area contributed by atoms with E-state index in [1.165, 1.54) is 23.9 Å². The summed E-state index contributed by atoms with van der Waals surface area (Å²) in [4.78, 5) is 27.8. The van der Waals surface area contributed by atoms with Gasteiger partial charge in [-0.2, -0.15) is 8.42 Å². The van der Waals surface area contributed by atoms with Crippen molar-refractivity contribution in [1.82, 2.24) is 24.3 Å². The fraction of sp³-hybridized carbons (Fsp3) is 0.200. The van der Waals surface area contributed by atoms with E-state index >= 15 is 0 Å². The molecule has 4 heterocycles. The highest BCUT2D eigenvalue weighted by atomic mass is 32.2. The third kappa shape index (κ3) is 3.75. The molecule has 4 rings (SSSR count). The first-order valence-electron chi connectivity index (χ1n) is 9.28. The zero-order valence-electron chi connectivity index (χ0n) is 17.3. The van der Waals surface area contributed by atoms with E-state index in [4.69, 9.17) is 4.74 Å². The average molecular weight is 440 g/mol. The molecule has 0 amide bonds. The second-order valence-corrected chi connectivity index (χ2v) is 8.63. The van der Waals surface area contributed by atoms with Crippen LogP contribution in [0.2, 0.25) is 0 Å². The van der Waals surface area contributed by atoms with Gasteiger partial charge in [0.1, 0.15) is 17.2 Å². The number of sulfonamides is 1. The lowest BCUT2D eigenvalue weighted by Gasteiger charge is -2.12. The number of nitrogens with zero attached hydrogens (tertiary/aromatic N) is 4. The van der Waals surface area contributed by atoms with Gasteiger partial charge < -0.3 is 9.72 Å². The number of methoxy groups -OCH3 is 1. The topological polar surface area (TPSA) is 131 Å². The molecular weight excluding hydrogens is 420 g/mol. The molecule has 4 aromatic rings. The van der Waals surface area contributed by atoms with Gasteiger partial charge in [-0.15, -0.1) is 0 Å². The number of imidazole rings is 1. The number of fused-ring (bicyclic) bond motifs is 1. The second kappa shape index (κ2) is 7.51. The van der Waals surface area contributed by atoms with Gasteiger partial charge in [0.2, 0.25) is 5.88 Å². The molecule has 31 heavy (non-hydrogen) atoms. The van der Waals surface area contributed by atoms with Crippen LogP contribution in [-0.4, -0.2) is 39.9 Å². The Morgan fingerprint density at radius 3 is 2.55 bits per heavy atom. The molecule has 0 saturated heterocycles. The predicted molar refractivity (Wildman–Crippen MR) is 115 cm³/mol. The van der Waals surface area contributed by atoms with Crippen molar-refractivity contribution in [3.8, 4) is 17.0 Å². The Morgan fingerprint density at radius 2 is 1.87 bits per heavy atom. The van der Waals surface area contributed by atoms with E-state index in [1.807, 2.05) is 0 Å². The standard InChI is InChI=1S/C20H20N6O4S/c1-11-8-21-17-6-5-14(10-26(17)20(11)27)15-7-16(18(30-4)22-9-15)25-31(28,29)19-12(2)23-13(3)24-19/h5-10,25H,1-4H3,(H,23,24). The van der Waals surface area contributed by atoms with Crippen LogP contribution in [0.3, 0.4) is 0 Å². The normalized spacial score (nSPS) is 11.6. The van der Waals surface area contributed by atoms with E-state index in [2.05, 4.69) is 24.7 Å². The Hall–Kier alpha value is -3.73. The summed E-state index contributed by atoms with van der Waals surface area (Å²) in [6.07, 6.45) is 4.70. The van der Waals surface area contributed by atoms with Crippen molar-refractivity contribution >= 4 is 21.4 Å². The molecule has 0 aliphatic carbocycles. The number of rotatable bonds is 5. The summed E-state index contributed by atoms with van der Waals surface area (Å²) in [6, 6.07) is 5.08. The maximum Gasteiger partial charge on any atom is 0.281 e. The minimum atomic E-state index is -3.98. The lowest BCUT2D eigenvalue weighted by atomic mass is 10.1. The number of aromatic amines is 1. The molecule has 2 N–H and O–H groups in total. The van der Waals surface area contributed by atoms with Gasteiger partial charge in [-0.3, -0.25) is 13.9 Å². The molecule has 0 aliphatic heterocycles. The fourth-order valence-corrected chi connectivity index (χ4v) is 4.47. The molecule has 0 radical (unpaired) electrons. The molecule has 0 aromatic carbocycles. The number of aromatic nitrogens is 5. The monoisotopic (exact) mass is 440 g/mol. The number of hydrogen-bond donors (Lipinski definition) is 2. The van der Waals surface area contributed by atoms with Gasteiger partial charge in [0.05, 0.1) is 12.8 Å². The van der Waals surface area contributed by atoms with Crippen LogP contribution in [0.15, 0.2) is 46.6 Å². The maximum absolute atomic E-state index is 12.9. The van der Waals surface area contributed by atoms with Gasteiger partial charge in [0, 0.05) is 35.3 Å². The van der Waals surface area contributed by atoms with E-state index in [0.29, 0.717) is 33.9 Å². The number of hydrogen-bond acceptors (Lipinski definition) is 7. The van der Waals surface area contributed by atoms with Gasteiger partial charge in [0.25, 0.3) is 15.6 Å². The summed E-state index contributed by atoms with van der Waals surface area (Å²) < 4.78 is 34.9. The molecule has 10 nitrogen and oxygen atoms in total. The van der Waals surface area contributed by atoms with Gasteiger partial charge in [0.15, 0.2) is 5.03 Å². The van der Waals surface area contributed by atoms with Gasteiger partial charge >= 0.3 is 0 Å². The zero-order chi connectivity index (χ0) is 22.3. The number of ether oxygens (including phenoxy) is 1. The van der Waals surface area contributed by atoms with Crippen LogP contribution in [0.1, 0.15) is 17.1 Å². The Morgan fingerprint density at radius 1 is 1.10 bits per heavy atom. The largest absolute Gasteiger partial charge is 0.480 e. The Labute approximate surface area is 178 Å². The van der Waals surface area contributed by atoms with E-state index < -0.39 is 10.0 Å². The Bertz CT molecular complexity index is 1470. The van der Waals surface area contributed by atoms with Crippen molar-refractivity contribution in [3.63, 3.8) is 0 Å². The molecule has 4 aromatic heterocycles. The zero-order valence-corrected chi connectivity index (χ0v) is 18.1. The van der Waals surface area contributed by atoms with Crippen molar-refractivity contribution in [2.75, 3.05) is 11.8 Å². The summed E-state index contributed by atoms with van der Waals surface area (Å²) in [6.45, 7) is 4.99. The third-order valence-electron chi connectivity index (χ3n) is 4.71. The fourth-order valence-electron chi connectivity index (χ4n) is 3.23. The highest BCUT2D eigenvalue weighted by Gasteiger charge is 2.23. The van der Waals surface area contributed by atoms with Gasteiger partial charge in [-0.25, -0.2) is 15.0 Å². The highest BCUT2D eigenvalue weighted by molar-refractivity contribution is 7.92. The third-order valence-corrected chi connectivity index (χ3v) is 6.10. The number of aryl methyl sites for hydroxylation is 3. The van der Waals surface area contributed by atoms with Crippen LogP contribution in [0.25, 0.3) is 16.8 Å². The van der Waals surface area contributed by atoms with Crippen molar-refractivity contribution in [1.29, 1.82) is 0 Å². The summed E-state index contributed by atoms with van der Waals surface area (Å²) in [5.41, 5.74) is 2.65. The minimum Gasteiger partial charge on any atom is -0.480 e. The van der Waals surface area contributed by atoms with Crippen molar-refractivity contribution in [3.05, 3.63) is 64.2 Å². The van der Waals surface area contributed by atoms with Crippen LogP contribution in [0, 0.1) is 20.8 Å². The predicted octanol–water partition coefficient (Wildman–Crippen LogP) is 2.21. The van der Waals surface area contributed by atoms with E-state index in [0.717, 1.165) is 0 Å². The highest BCUT2D eigenvalue weighted by Crippen LogP contribution is 2.30. The molecule has 0 bridgehead atoms. The average Bonchev–Trinajstić information content (AvgIpc) is 3.09. The van der Waals surface area contributed by atoms with Crippen molar-refractivity contribution in [2.45, 2.75) is 25.8 Å². The number of H-pyrrole nitrogens is 1. The van der Waals surface area contributed by atoms with Gasteiger partial charge in [-0.1, -0.05) is 0 Å². The van der Waals surface area contributed by atoms with Gasteiger partial charge in [-0.05, 0) is 39.0 Å². The van der Waals surface area contributed by atoms with Crippen molar-refractivity contribution < 1.29 is 13.2 Å².